The van der Waals surface area contributed by atoms with Gasteiger partial charge in [-0.1, -0.05) is 6.07 Å². The van der Waals surface area contributed by atoms with Crippen LogP contribution in [0.25, 0.3) is 0 Å². The Kier molecular flexibility index (Phi) is 5.90. The number of benzene rings is 2. The van der Waals surface area contributed by atoms with Gasteiger partial charge in [-0.15, -0.1) is 0 Å². The molecule has 0 bridgehead atoms. The molecule has 0 atom stereocenters. The second kappa shape index (κ2) is 8.31. The highest BCUT2D eigenvalue weighted by molar-refractivity contribution is 5.92. The topological polar surface area (TPSA) is 114 Å². The maximum absolute atomic E-state index is 12.0. The highest BCUT2D eigenvalue weighted by Gasteiger charge is 2.11. The molecule has 0 saturated carbocycles. The van der Waals surface area contributed by atoms with Crippen molar-refractivity contribution in [2.45, 2.75) is 6.92 Å². The van der Waals surface area contributed by atoms with Gasteiger partial charge < -0.3 is 14.8 Å². The minimum absolute atomic E-state index is 0.121. The van der Waals surface area contributed by atoms with Gasteiger partial charge >= 0.3 is 0 Å². The zero-order chi connectivity index (χ0) is 18.2. The third-order valence-corrected chi connectivity index (χ3v) is 3.07. The molecular weight excluding hydrogens is 326 g/mol. The summed E-state index contributed by atoms with van der Waals surface area (Å²) in [4.78, 5) is 22.1. The van der Waals surface area contributed by atoms with E-state index in [0.717, 1.165) is 0 Å². The van der Waals surface area contributed by atoms with Gasteiger partial charge in [0.2, 0.25) is 0 Å². The summed E-state index contributed by atoms with van der Waals surface area (Å²) in [7, 11) is 0. The van der Waals surface area contributed by atoms with E-state index in [1.807, 2.05) is 6.07 Å². The minimum atomic E-state index is -0.544. The van der Waals surface area contributed by atoms with E-state index in [-0.39, 0.29) is 12.3 Å². The van der Waals surface area contributed by atoms with Crippen molar-refractivity contribution >= 4 is 17.3 Å². The molecule has 0 fully saturated rings. The van der Waals surface area contributed by atoms with Crippen molar-refractivity contribution in [1.29, 1.82) is 5.26 Å². The Balaban J connectivity index is 2.01. The lowest BCUT2D eigenvalue weighted by Gasteiger charge is -2.12. The predicted molar refractivity (Wildman–Crippen MR) is 89.5 cm³/mol. The van der Waals surface area contributed by atoms with E-state index in [9.17, 15) is 14.9 Å². The van der Waals surface area contributed by atoms with Crippen LogP contribution in [0.15, 0.2) is 42.5 Å². The van der Waals surface area contributed by atoms with Crippen LogP contribution in [0.4, 0.5) is 11.4 Å². The van der Waals surface area contributed by atoms with Crippen molar-refractivity contribution in [3.8, 4) is 17.6 Å². The highest BCUT2D eigenvalue weighted by Crippen LogP contribution is 2.28. The molecule has 2 aromatic rings. The van der Waals surface area contributed by atoms with Crippen LogP contribution in [-0.2, 0) is 4.79 Å². The van der Waals surface area contributed by atoms with Crippen molar-refractivity contribution in [1.82, 2.24) is 0 Å². The summed E-state index contributed by atoms with van der Waals surface area (Å²) in [5.74, 6) is 0.215. The average Bonchev–Trinajstić information content (AvgIpc) is 2.61. The maximum atomic E-state index is 12.0. The molecule has 0 aliphatic rings. The number of nitrogens with one attached hydrogen (secondary N) is 1. The lowest BCUT2D eigenvalue weighted by atomic mass is 10.2. The van der Waals surface area contributed by atoms with E-state index in [4.69, 9.17) is 14.7 Å². The van der Waals surface area contributed by atoms with Crippen molar-refractivity contribution < 1.29 is 19.2 Å². The summed E-state index contributed by atoms with van der Waals surface area (Å²) in [5.41, 5.74) is 0.592. The fourth-order valence-electron chi connectivity index (χ4n) is 2.00. The number of hydrogen-bond donors (Lipinski definition) is 1. The van der Waals surface area contributed by atoms with Gasteiger partial charge in [-0.3, -0.25) is 14.9 Å². The van der Waals surface area contributed by atoms with Gasteiger partial charge in [-0.05, 0) is 25.1 Å². The summed E-state index contributed by atoms with van der Waals surface area (Å²) in [6.45, 7) is 1.86. The molecule has 0 radical (unpaired) electrons. The van der Waals surface area contributed by atoms with Gasteiger partial charge in [0, 0.05) is 23.9 Å². The lowest BCUT2D eigenvalue weighted by Crippen LogP contribution is -2.20. The van der Waals surface area contributed by atoms with Crippen LogP contribution in [-0.4, -0.2) is 24.0 Å². The third-order valence-electron chi connectivity index (χ3n) is 3.07. The lowest BCUT2D eigenvalue weighted by molar-refractivity contribution is -0.384. The summed E-state index contributed by atoms with van der Waals surface area (Å²) in [6, 6.07) is 12.2. The zero-order valence-electron chi connectivity index (χ0n) is 13.4. The summed E-state index contributed by atoms with van der Waals surface area (Å²) < 4.78 is 10.8. The third kappa shape index (κ3) is 4.94. The molecule has 0 aliphatic carbocycles. The Morgan fingerprint density at radius 1 is 1.24 bits per heavy atom. The first-order valence-corrected chi connectivity index (χ1v) is 7.37. The van der Waals surface area contributed by atoms with Crippen LogP contribution in [0.3, 0.4) is 0 Å². The molecule has 0 spiro atoms. The highest BCUT2D eigenvalue weighted by atomic mass is 16.6. The Morgan fingerprint density at radius 3 is 2.72 bits per heavy atom. The smallest absolute Gasteiger partial charge is 0.271 e. The van der Waals surface area contributed by atoms with Gasteiger partial charge in [-0.2, -0.15) is 5.26 Å². The van der Waals surface area contributed by atoms with Crippen molar-refractivity contribution in [2.24, 2.45) is 0 Å². The van der Waals surface area contributed by atoms with E-state index in [0.29, 0.717) is 29.4 Å². The number of rotatable bonds is 7. The Bertz CT molecular complexity index is 829. The first-order chi connectivity index (χ1) is 12.0. The number of nitriles is 1. The molecule has 8 nitrogen and oxygen atoms in total. The standard InChI is InChI=1S/C17H15N3O5/c1-2-24-16-8-12(10-18)6-7-15(16)25-11-17(21)19-13-4-3-5-14(9-13)20(22)23/h3-9H,2,11H2,1H3,(H,19,21). The number of nitro benzene ring substituents is 1. The molecule has 0 aromatic heterocycles. The van der Waals surface area contributed by atoms with Crippen LogP contribution in [0.2, 0.25) is 0 Å². The number of hydrogen-bond acceptors (Lipinski definition) is 6. The molecule has 8 heteroatoms. The number of anilines is 1. The fraction of sp³-hybridized carbons (Fsp3) is 0.176. The van der Waals surface area contributed by atoms with Crippen LogP contribution >= 0.6 is 0 Å². The number of carbonyl (C=O) groups is 1. The van der Waals surface area contributed by atoms with E-state index in [1.54, 1.807) is 19.1 Å². The van der Waals surface area contributed by atoms with E-state index in [1.165, 1.54) is 30.3 Å². The minimum Gasteiger partial charge on any atom is -0.490 e. The molecule has 25 heavy (non-hydrogen) atoms. The molecule has 1 N–H and O–H groups in total. The second-order valence-electron chi connectivity index (χ2n) is 4.85. The van der Waals surface area contributed by atoms with E-state index < -0.39 is 10.8 Å². The summed E-state index contributed by atoms with van der Waals surface area (Å²) in [5, 5.41) is 22.2. The monoisotopic (exact) mass is 341 g/mol. The molecule has 0 unspecified atom stereocenters. The van der Waals surface area contributed by atoms with Crippen molar-refractivity contribution in [3.63, 3.8) is 0 Å². The molecule has 0 saturated heterocycles. The van der Waals surface area contributed by atoms with Crippen LogP contribution < -0.4 is 14.8 Å². The van der Waals surface area contributed by atoms with Gasteiger partial charge in [0.05, 0.1) is 23.2 Å². The normalized spacial score (nSPS) is 9.76. The largest absolute Gasteiger partial charge is 0.490 e. The molecule has 0 aliphatic heterocycles. The maximum Gasteiger partial charge on any atom is 0.271 e. The Morgan fingerprint density at radius 2 is 2.04 bits per heavy atom. The van der Waals surface area contributed by atoms with Crippen LogP contribution in [0.1, 0.15) is 12.5 Å². The number of nitrogens with zero attached hydrogens (tertiary/aromatic N) is 2. The molecule has 2 aromatic carbocycles. The second-order valence-corrected chi connectivity index (χ2v) is 4.85. The fourth-order valence-corrected chi connectivity index (χ4v) is 2.00. The van der Waals surface area contributed by atoms with E-state index >= 15 is 0 Å². The SMILES string of the molecule is CCOc1cc(C#N)ccc1OCC(=O)Nc1cccc([N+](=O)[O-])c1. The number of non-ortho nitro benzene ring substituents is 1. The van der Waals surface area contributed by atoms with E-state index in [2.05, 4.69) is 5.32 Å². The van der Waals surface area contributed by atoms with Crippen molar-refractivity contribution in [3.05, 3.63) is 58.1 Å². The molecule has 1 amide bonds. The number of carbonyl (C=O) groups excluding carboxylic acids is 1. The number of ether oxygens (including phenoxy) is 2. The summed E-state index contributed by atoms with van der Waals surface area (Å²) >= 11 is 0. The zero-order valence-corrected chi connectivity index (χ0v) is 13.4. The Hall–Kier alpha value is -3.60. The molecule has 128 valence electrons. The van der Waals surface area contributed by atoms with Gasteiger partial charge in [0.1, 0.15) is 0 Å². The molecule has 2 rings (SSSR count). The van der Waals surface area contributed by atoms with Gasteiger partial charge in [-0.25, -0.2) is 0 Å². The first kappa shape index (κ1) is 17.7. The molecule has 0 heterocycles. The number of nitro groups is 1. The van der Waals surface area contributed by atoms with Gasteiger partial charge in [0.25, 0.3) is 11.6 Å². The van der Waals surface area contributed by atoms with Crippen LogP contribution in [0.5, 0.6) is 11.5 Å². The quantitative estimate of drug-likeness (QED) is 0.611. The number of amides is 1. The molecular formula is C17H15N3O5. The van der Waals surface area contributed by atoms with Crippen molar-refractivity contribution in [2.75, 3.05) is 18.5 Å². The summed E-state index contributed by atoms with van der Waals surface area (Å²) in [6.07, 6.45) is 0. The average molecular weight is 341 g/mol. The predicted octanol–water partition coefficient (Wildman–Crippen LogP) is 2.88. The van der Waals surface area contributed by atoms with Gasteiger partial charge in [0.15, 0.2) is 18.1 Å². The first-order valence-electron chi connectivity index (χ1n) is 7.37. The van der Waals surface area contributed by atoms with Crippen LogP contribution in [0, 0.1) is 21.4 Å². The Labute approximate surface area is 143 Å².